The van der Waals surface area contributed by atoms with Crippen LogP contribution in [-0.4, -0.2) is 34.1 Å². The quantitative estimate of drug-likeness (QED) is 0.469. The number of carboxylic acids is 1. The summed E-state index contributed by atoms with van der Waals surface area (Å²) >= 11 is 6.45. The Morgan fingerprint density at radius 1 is 1.15 bits per heavy atom. The standard InChI is InChI=1S/C26H30ClN3O3.Na/c1-17(2)14-20-8-9-21(15-22(20)27)24-28-23(29-33-24)19-6-4-18(5-7-19)16-30-12-10-26(3,11-13-30)25(31)32;/h4-9,15,17H,10-14,16H2,1-3H3,(H,31,32);/q;+1/p-1. The molecule has 2 aromatic carbocycles. The molecule has 1 saturated heterocycles. The maximum atomic E-state index is 11.3. The van der Waals surface area contributed by atoms with Crippen LogP contribution in [0.1, 0.15) is 44.7 Å². The van der Waals surface area contributed by atoms with E-state index >= 15 is 0 Å². The van der Waals surface area contributed by atoms with Crippen LogP contribution >= 0.6 is 11.6 Å². The second-order valence-electron chi connectivity index (χ2n) is 9.65. The molecule has 0 bridgehead atoms. The van der Waals surface area contributed by atoms with Gasteiger partial charge in [-0.25, -0.2) is 0 Å². The predicted molar refractivity (Wildman–Crippen MR) is 126 cm³/mol. The summed E-state index contributed by atoms with van der Waals surface area (Å²) in [5.74, 6) is 0.557. The molecule has 0 aliphatic carbocycles. The van der Waals surface area contributed by atoms with Crippen molar-refractivity contribution in [2.24, 2.45) is 11.3 Å². The maximum absolute atomic E-state index is 11.3. The van der Waals surface area contributed by atoms with Gasteiger partial charge in [0.2, 0.25) is 5.82 Å². The Morgan fingerprint density at radius 2 is 1.79 bits per heavy atom. The number of carbonyl (C=O) groups is 1. The Kier molecular flexibility index (Phi) is 8.98. The topological polar surface area (TPSA) is 82.3 Å². The summed E-state index contributed by atoms with van der Waals surface area (Å²) < 4.78 is 5.49. The van der Waals surface area contributed by atoms with Gasteiger partial charge in [-0.3, -0.25) is 4.90 Å². The zero-order chi connectivity index (χ0) is 23.6. The predicted octanol–water partition coefficient (Wildman–Crippen LogP) is 1.61. The molecule has 0 saturated carbocycles. The van der Waals surface area contributed by atoms with E-state index in [2.05, 4.69) is 41.0 Å². The van der Waals surface area contributed by atoms with E-state index in [1.165, 1.54) is 0 Å². The Hall–Kier alpha value is -1.70. The van der Waals surface area contributed by atoms with Crippen molar-refractivity contribution in [2.45, 2.75) is 46.6 Å². The van der Waals surface area contributed by atoms with Crippen molar-refractivity contribution in [2.75, 3.05) is 13.1 Å². The summed E-state index contributed by atoms with van der Waals surface area (Å²) in [4.78, 5) is 18.1. The fourth-order valence-corrected chi connectivity index (χ4v) is 4.43. The van der Waals surface area contributed by atoms with Crippen molar-refractivity contribution < 1.29 is 44.0 Å². The summed E-state index contributed by atoms with van der Waals surface area (Å²) in [5.41, 5.74) is 3.24. The van der Waals surface area contributed by atoms with Crippen LogP contribution < -0.4 is 34.7 Å². The van der Waals surface area contributed by atoms with Crippen LogP contribution in [0.3, 0.4) is 0 Å². The summed E-state index contributed by atoms with van der Waals surface area (Å²) in [6.45, 7) is 8.39. The van der Waals surface area contributed by atoms with Gasteiger partial charge in [-0.05, 0) is 61.5 Å². The van der Waals surface area contributed by atoms with Crippen LogP contribution in [0, 0.1) is 11.3 Å². The number of aromatic nitrogens is 2. The molecule has 8 heteroatoms. The van der Waals surface area contributed by atoms with E-state index in [1.54, 1.807) is 6.92 Å². The first-order chi connectivity index (χ1) is 15.7. The van der Waals surface area contributed by atoms with Gasteiger partial charge in [0.05, 0.1) is 0 Å². The van der Waals surface area contributed by atoms with Gasteiger partial charge in [0.15, 0.2) is 0 Å². The first kappa shape index (κ1) is 26.9. The average Bonchev–Trinajstić information content (AvgIpc) is 3.27. The molecule has 174 valence electrons. The molecule has 1 fully saturated rings. The van der Waals surface area contributed by atoms with Gasteiger partial charge in [0.25, 0.3) is 5.89 Å². The van der Waals surface area contributed by atoms with Crippen LogP contribution in [0.25, 0.3) is 22.8 Å². The Balaban J connectivity index is 0.00000324. The molecule has 0 radical (unpaired) electrons. The molecule has 1 aromatic heterocycles. The SMILES string of the molecule is CC(C)Cc1ccc(-c2nc(-c3ccc(CN4CCC(C)(C(=O)[O-])CC4)cc3)no2)cc1Cl.[Na+]. The smallest absolute Gasteiger partial charge is 0.550 e. The number of carboxylic acid groups (broad SMARTS) is 1. The molecule has 0 unspecified atom stereocenters. The van der Waals surface area contributed by atoms with Crippen molar-refractivity contribution >= 4 is 17.6 Å². The number of benzene rings is 2. The molecular weight excluding hydrogens is 461 g/mol. The molecule has 0 amide bonds. The summed E-state index contributed by atoms with van der Waals surface area (Å²) in [6, 6.07) is 13.9. The molecule has 1 aliphatic rings. The van der Waals surface area contributed by atoms with Crippen molar-refractivity contribution in [1.29, 1.82) is 0 Å². The largest absolute Gasteiger partial charge is 1.00 e. The number of aliphatic carboxylic acids is 1. The number of piperidine rings is 1. The molecule has 0 atom stereocenters. The Morgan fingerprint density at radius 3 is 2.38 bits per heavy atom. The first-order valence-electron chi connectivity index (χ1n) is 11.4. The van der Waals surface area contributed by atoms with E-state index in [0.717, 1.165) is 48.3 Å². The molecule has 0 N–H and O–H groups in total. The van der Waals surface area contributed by atoms with Gasteiger partial charge in [0, 0.05) is 34.1 Å². The molecule has 0 spiro atoms. The van der Waals surface area contributed by atoms with Crippen molar-refractivity contribution in [3.63, 3.8) is 0 Å². The van der Waals surface area contributed by atoms with E-state index in [4.69, 9.17) is 16.1 Å². The Labute approximate surface area is 228 Å². The molecular formula is C26H29ClN3NaO3. The summed E-state index contributed by atoms with van der Waals surface area (Å²) in [7, 11) is 0. The zero-order valence-corrected chi connectivity index (χ0v) is 23.1. The minimum atomic E-state index is -0.945. The van der Waals surface area contributed by atoms with Gasteiger partial charge in [-0.15, -0.1) is 0 Å². The molecule has 3 aromatic rings. The number of halogens is 1. The third-order valence-electron chi connectivity index (χ3n) is 6.42. The average molecular weight is 490 g/mol. The van der Waals surface area contributed by atoms with Crippen LogP contribution in [-0.2, 0) is 17.8 Å². The first-order valence-corrected chi connectivity index (χ1v) is 11.8. The molecule has 6 nitrogen and oxygen atoms in total. The van der Waals surface area contributed by atoms with Crippen molar-refractivity contribution in [1.82, 2.24) is 15.0 Å². The normalized spacial score (nSPS) is 15.8. The molecule has 2 heterocycles. The number of rotatable bonds is 7. The van der Waals surface area contributed by atoms with Crippen LogP contribution in [0.4, 0.5) is 0 Å². The van der Waals surface area contributed by atoms with Crippen LogP contribution in [0.15, 0.2) is 47.0 Å². The molecule has 34 heavy (non-hydrogen) atoms. The van der Waals surface area contributed by atoms with Crippen molar-refractivity contribution in [3.05, 3.63) is 58.6 Å². The minimum Gasteiger partial charge on any atom is -0.550 e. The van der Waals surface area contributed by atoms with E-state index in [1.807, 2.05) is 30.3 Å². The zero-order valence-electron chi connectivity index (χ0n) is 20.3. The fraction of sp³-hybridized carbons (Fsp3) is 0.423. The number of hydrogen-bond donors (Lipinski definition) is 0. The summed E-state index contributed by atoms with van der Waals surface area (Å²) in [6.07, 6.45) is 2.15. The fourth-order valence-electron chi connectivity index (χ4n) is 4.17. The van der Waals surface area contributed by atoms with Crippen molar-refractivity contribution in [3.8, 4) is 22.8 Å². The van der Waals surface area contributed by atoms with Crippen LogP contribution in [0.5, 0.6) is 0 Å². The number of nitrogens with zero attached hydrogens (tertiary/aromatic N) is 3. The number of hydrogen-bond acceptors (Lipinski definition) is 6. The van der Waals surface area contributed by atoms with Gasteiger partial charge < -0.3 is 14.4 Å². The van der Waals surface area contributed by atoms with Gasteiger partial charge in [-0.1, -0.05) is 67.9 Å². The molecule has 4 rings (SSSR count). The monoisotopic (exact) mass is 489 g/mol. The van der Waals surface area contributed by atoms with E-state index in [0.29, 0.717) is 35.5 Å². The summed E-state index contributed by atoms with van der Waals surface area (Å²) in [5, 5.41) is 16.2. The van der Waals surface area contributed by atoms with Gasteiger partial charge in [0.1, 0.15) is 0 Å². The Bertz CT molecular complexity index is 1120. The minimum absolute atomic E-state index is 0. The molecule has 1 aliphatic heterocycles. The number of likely N-dealkylation sites (tertiary alicyclic amines) is 1. The van der Waals surface area contributed by atoms with Crippen LogP contribution in [0.2, 0.25) is 5.02 Å². The second-order valence-corrected chi connectivity index (χ2v) is 10.1. The van der Waals surface area contributed by atoms with Gasteiger partial charge in [-0.2, -0.15) is 4.98 Å². The third kappa shape index (κ3) is 6.29. The number of carbonyl (C=O) groups excluding carboxylic acids is 1. The second kappa shape index (κ2) is 11.4. The van der Waals surface area contributed by atoms with E-state index in [-0.39, 0.29) is 29.6 Å². The van der Waals surface area contributed by atoms with E-state index in [9.17, 15) is 9.90 Å². The van der Waals surface area contributed by atoms with Gasteiger partial charge >= 0.3 is 29.6 Å². The maximum Gasteiger partial charge on any atom is 1.00 e. The van der Waals surface area contributed by atoms with E-state index < -0.39 is 11.4 Å². The third-order valence-corrected chi connectivity index (χ3v) is 6.78.